The van der Waals surface area contributed by atoms with E-state index in [0.29, 0.717) is 6.54 Å². The zero-order chi connectivity index (χ0) is 13.4. The molecule has 1 rings (SSSR count). The molecular weight excluding hydrogens is 258 g/mol. The van der Waals surface area contributed by atoms with Crippen molar-refractivity contribution in [2.24, 2.45) is 0 Å². The van der Waals surface area contributed by atoms with Gasteiger partial charge in [0.2, 0.25) is 10.0 Å². The second-order valence-electron chi connectivity index (χ2n) is 4.17. The van der Waals surface area contributed by atoms with Crippen molar-refractivity contribution in [3.8, 4) is 0 Å². The number of carbonyl (C=O) groups is 1. The van der Waals surface area contributed by atoms with Gasteiger partial charge in [-0.05, 0) is 13.0 Å². The van der Waals surface area contributed by atoms with E-state index in [1.165, 1.54) is 7.11 Å². The molecule has 2 N–H and O–H groups in total. The quantitative estimate of drug-likeness (QED) is 0.430. The highest BCUT2D eigenvalue weighted by Gasteiger charge is 2.16. The highest BCUT2D eigenvalue weighted by molar-refractivity contribution is 7.90. The number of nitrogens with one attached hydrogen (secondary N) is 2. The van der Waals surface area contributed by atoms with Gasteiger partial charge in [-0.1, -0.05) is 0 Å². The van der Waals surface area contributed by atoms with E-state index in [1.807, 2.05) is 0 Å². The fourth-order valence-corrected chi connectivity index (χ4v) is 2.72. The van der Waals surface area contributed by atoms with Gasteiger partial charge in [0.05, 0.1) is 7.11 Å². The largest absolute Gasteiger partial charge is 0.468 e. The molecule has 0 aromatic rings. The van der Waals surface area contributed by atoms with Crippen LogP contribution in [0.15, 0.2) is 0 Å². The number of rotatable bonds is 7. The van der Waals surface area contributed by atoms with Crippen molar-refractivity contribution in [2.45, 2.75) is 6.42 Å². The van der Waals surface area contributed by atoms with Crippen LogP contribution in [0.25, 0.3) is 0 Å². The summed E-state index contributed by atoms with van der Waals surface area (Å²) in [4.78, 5) is 13.1. The maximum atomic E-state index is 11.4. The predicted octanol–water partition coefficient (Wildman–Crippen LogP) is -1.63. The first-order valence-corrected chi connectivity index (χ1v) is 7.66. The van der Waals surface area contributed by atoms with Crippen molar-refractivity contribution < 1.29 is 17.9 Å². The van der Waals surface area contributed by atoms with E-state index >= 15 is 0 Å². The van der Waals surface area contributed by atoms with Crippen molar-refractivity contribution in [1.29, 1.82) is 0 Å². The Morgan fingerprint density at radius 3 is 2.67 bits per heavy atom. The van der Waals surface area contributed by atoms with Gasteiger partial charge < -0.3 is 15.0 Å². The van der Waals surface area contributed by atoms with Crippen LogP contribution in [-0.2, 0) is 19.6 Å². The first kappa shape index (κ1) is 15.4. The van der Waals surface area contributed by atoms with Crippen molar-refractivity contribution in [3.05, 3.63) is 0 Å². The third-order valence-electron chi connectivity index (χ3n) is 2.72. The molecule has 18 heavy (non-hydrogen) atoms. The van der Waals surface area contributed by atoms with E-state index in [0.717, 1.165) is 39.1 Å². The molecule has 106 valence electrons. The minimum Gasteiger partial charge on any atom is -0.468 e. The summed E-state index contributed by atoms with van der Waals surface area (Å²) < 4.78 is 29.5. The molecule has 0 spiro atoms. The Kier molecular flexibility index (Phi) is 6.55. The van der Waals surface area contributed by atoms with Crippen molar-refractivity contribution in [1.82, 2.24) is 14.9 Å². The van der Waals surface area contributed by atoms with Crippen LogP contribution in [0, 0.1) is 0 Å². The highest BCUT2D eigenvalue weighted by Crippen LogP contribution is 1.94. The van der Waals surface area contributed by atoms with Gasteiger partial charge in [0.15, 0.2) is 5.75 Å². The molecule has 0 unspecified atom stereocenters. The lowest BCUT2D eigenvalue weighted by atomic mass is 10.3. The maximum absolute atomic E-state index is 11.4. The van der Waals surface area contributed by atoms with Crippen LogP contribution in [0.1, 0.15) is 6.42 Å². The van der Waals surface area contributed by atoms with Gasteiger partial charge in [0, 0.05) is 32.7 Å². The van der Waals surface area contributed by atoms with Crippen molar-refractivity contribution in [3.63, 3.8) is 0 Å². The third-order valence-corrected chi connectivity index (χ3v) is 3.98. The molecule has 0 aliphatic carbocycles. The van der Waals surface area contributed by atoms with Gasteiger partial charge in [-0.15, -0.1) is 0 Å². The molecule has 1 heterocycles. The summed E-state index contributed by atoms with van der Waals surface area (Å²) >= 11 is 0. The average molecular weight is 279 g/mol. The van der Waals surface area contributed by atoms with Crippen molar-refractivity contribution >= 4 is 16.0 Å². The standard InChI is InChI=1S/C10H21N3O4S/c1-17-10(14)9-18(15,16)12-3-2-6-13-7-4-11-5-8-13/h11-12H,2-9H2,1H3. The molecule has 0 saturated carbocycles. The van der Waals surface area contributed by atoms with Crippen LogP contribution in [-0.4, -0.2) is 71.4 Å². The number of sulfonamides is 1. The monoisotopic (exact) mass is 279 g/mol. The Labute approximate surface area is 108 Å². The molecular formula is C10H21N3O4S. The summed E-state index contributed by atoms with van der Waals surface area (Å²) in [7, 11) is -2.38. The van der Waals surface area contributed by atoms with E-state index in [9.17, 15) is 13.2 Å². The fraction of sp³-hybridized carbons (Fsp3) is 0.900. The summed E-state index contributed by atoms with van der Waals surface area (Å²) in [6.07, 6.45) is 0.737. The van der Waals surface area contributed by atoms with Gasteiger partial charge in [-0.3, -0.25) is 4.79 Å². The second kappa shape index (κ2) is 7.67. The summed E-state index contributed by atoms with van der Waals surface area (Å²) in [5.41, 5.74) is 0. The predicted molar refractivity (Wildman–Crippen MR) is 67.7 cm³/mol. The SMILES string of the molecule is COC(=O)CS(=O)(=O)NCCCN1CCNCC1. The number of piperazine rings is 1. The highest BCUT2D eigenvalue weighted by atomic mass is 32.2. The first-order valence-electron chi connectivity index (χ1n) is 6.01. The summed E-state index contributed by atoms with van der Waals surface area (Å²) in [5.74, 6) is -1.36. The zero-order valence-corrected chi connectivity index (χ0v) is 11.5. The number of esters is 1. The zero-order valence-electron chi connectivity index (χ0n) is 10.6. The number of ether oxygens (including phenoxy) is 1. The topological polar surface area (TPSA) is 87.7 Å². The molecule has 0 aromatic carbocycles. The van der Waals surface area contributed by atoms with Crippen LogP contribution in [0.4, 0.5) is 0 Å². The molecule has 0 radical (unpaired) electrons. The maximum Gasteiger partial charge on any atom is 0.322 e. The fourth-order valence-electron chi connectivity index (χ4n) is 1.73. The van der Waals surface area contributed by atoms with Crippen LogP contribution < -0.4 is 10.0 Å². The van der Waals surface area contributed by atoms with E-state index < -0.39 is 21.7 Å². The van der Waals surface area contributed by atoms with Gasteiger partial charge in [-0.2, -0.15) is 0 Å². The second-order valence-corrected chi connectivity index (χ2v) is 5.98. The van der Waals surface area contributed by atoms with Gasteiger partial charge in [-0.25, -0.2) is 13.1 Å². The number of nitrogens with zero attached hydrogens (tertiary/aromatic N) is 1. The molecule has 8 heteroatoms. The molecule has 1 aliphatic rings. The number of methoxy groups -OCH3 is 1. The molecule has 0 bridgehead atoms. The van der Waals surface area contributed by atoms with Crippen LogP contribution in [0.5, 0.6) is 0 Å². The lowest BCUT2D eigenvalue weighted by Crippen LogP contribution is -2.44. The summed E-state index contributed by atoms with van der Waals surface area (Å²) in [6, 6.07) is 0. The lowest BCUT2D eigenvalue weighted by molar-refractivity contribution is -0.137. The lowest BCUT2D eigenvalue weighted by Gasteiger charge is -2.26. The Morgan fingerprint density at radius 1 is 1.39 bits per heavy atom. The van der Waals surface area contributed by atoms with E-state index in [-0.39, 0.29) is 0 Å². The summed E-state index contributed by atoms with van der Waals surface area (Å²) in [5, 5.41) is 3.25. The normalized spacial score (nSPS) is 17.6. The molecule has 1 fully saturated rings. The van der Waals surface area contributed by atoms with Gasteiger partial charge >= 0.3 is 5.97 Å². The Morgan fingerprint density at radius 2 is 2.06 bits per heavy atom. The van der Waals surface area contributed by atoms with Gasteiger partial charge in [0.25, 0.3) is 0 Å². The minimum atomic E-state index is -3.55. The van der Waals surface area contributed by atoms with Crippen molar-refractivity contribution in [2.75, 3.05) is 52.1 Å². The van der Waals surface area contributed by atoms with E-state index in [1.54, 1.807) is 0 Å². The third kappa shape index (κ3) is 6.29. The number of carbonyl (C=O) groups excluding carboxylic acids is 1. The van der Waals surface area contributed by atoms with Crippen LogP contribution in [0.3, 0.4) is 0 Å². The molecule has 0 aromatic heterocycles. The van der Waals surface area contributed by atoms with E-state index in [2.05, 4.69) is 19.7 Å². The Balaban J connectivity index is 2.14. The number of hydrogen-bond donors (Lipinski definition) is 2. The van der Waals surface area contributed by atoms with Gasteiger partial charge in [0.1, 0.15) is 0 Å². The molecule has 0 atom stereocenters. The Bertz CT molecular complexity index is 352. The number of hydrogen-bond acceptors (Lipinski definition) is 6. The van der Waals surface area contributed by atoms with E-state index in [4.69, 9.17) is 0 Å². The smallest absolute Gasteiger partial charge is 0.322 e. The first-order chi connectivity index (χ1) is 8.53. The molecule has 7 nitrogen and oxygen atoms in total. The minimum absolute atomic E-state index is 0.350. The van der Waals surface area contributed by atoms with Crippen LogP contribution >= 0.6 is 0 Å². The summed E-state index contributed by atoms with van der Waals surface area (Å²) in [6.45, 7) is 5.16. The average Bonchev–Trinajstić information content (AvgIpc) is 2.35. The Hall–Kier alpha value is -0.700. The molecule has 1 saturated heterocycles. The van der Waals surface area contributed by atoms with Crippen LogP contribution in [0.2, 0.25) is 0 Å². The molecule has 0 amide bonds. The molecule has 1 aliphatic heterocycles.